The number of halogens is 2. The monoisotopic (exact) mass is 241 g/mol. The minimum Gasteiger partial charge on any atom is -0.316 e. The number of rotatable bonds is 2. The zero-order valence-electron chi connectivity index (χ0n) is 9.47. The average Bonchev–Trinajstić information content (AvgIpc) is 2.24. The molecular formula is C13H17ClFN. The molecule has 1 saturated heterocycles. The molecule has 88 valence electrons. The number of hydrogen-bond acceptors (Lipinski definition) is 1. The molecule has 0 amide bonds. The highest BCUT2D eigenvalue weighted by molar-refractivity contribution is 6.30. The lowest BCUT2D eigenvalue weighted by molar-refractivity contribution is 0.0676. The predicted octanol–water partition coefficient (Wildman–Crippen LogP) is 3.22. The van der Waals surface area contributed by atoms with E-state index in [1.807, 2.05) is 24.3 Å². The zero-order valence-corrected chi connectivity index (χ0v) is 10.2. The first-order valence-corrected chi connectivity index (χ1v) is 6.10. The van der Waals surface area contributed by atoms with Crippen LogP contribution in [0.4, 0.5) is 4.39 Å². The van der Waals surface area contributed by atoms with E-state index in [0.717, 1.165) is 30.1 Å². The Bertz CT molecular complexity index is 347. The van der Waals surface area contributed by atoms with Crippen molar-refractivity contribution in [2.45, 2.75) is 25.4 Å². The van der Waals surface area contributed by atoms with Crippen LogP contribution in [0.15, 0.2) is 24.3 Å². The molecule has 1 aliphatic heterocycles. The van der Waals surface area contributed by atoms with Gasteiger partial charge in [0, 0.05) is 17.5 Å². The van der Waals surface area contributed by atoms with E-state index in [0.29, 0.717) is 6.42 Å². The highest BCUT2D eigenvalue weighted by Crippen LogP contribution is 2.31. The van der Waals surface area contributed by atoms with E-state index in [2.05, 4.69) is 5.32 Å². The molecule has 0 saturated carbocycles. The summed E-state index contributed by atoms with van der Waals surface area (Å²) in [6.45, 7) is 3.26. The Morgan fingerprint density at radius 1 is 1.44 bits per heavy atom. The molecule has 16 heavy (non-hydrogen) atoms. The fraction of sp³-hybridized carbons (Fsp3) is 0.538. The number of benzene rings is 1. The van der Waals surface area contributed by atoms with Crippen molar-refractivity contribution in [1.82, 2.24) is 5.32 Å². The van der Waals surface area contributed by atoms with Crippen LogP contribution in [0.3, 0.4) is 0 Å². The molecule has 1 aliphatic rings. The fourth-order valence-electron chi connectivity index (χ4n) is 2.22. The van der Waals surface area contributed by atoms with Gasteiger partial charge in [0.1, 0.15) is 5.67 Å². The zero-order chi connectivity index (χ0) is 11.6. The van der Waals surface area contributed by atoms with E-state index in [9.17, 15) is 4.39 Å². The van der Waals surface area contributed by atoms with Crippen LogP contribution in [0, 0.1) is 5.92 Å². The van der Waals surface area contributed by atoms with Crippen LogP contribution in [0.5, 0.6) is 0 Å². The van der Waals surface area contributed by atoms with E-state index in [-0.39, 0.29) is 5.92 Å². The normalized spacial score (nSPS) is 30.3. The van der Waals surface area contributed by atoms with E-state index < -0.39 is 5.67 Å². The topological polar surface area (TPSA) is 12.0 Å². The molecule has 1 heterocycles. The molecule has 0 spiro atoms. The number of alkyl halides is 1. The minimum absolute atomic E-state index is 0.0578. The van der Waals surface area contributed by atoms with E-state index in [1.54, 1.807) is 6.92 Å². The second kappa shape index (κ2) is 4.72. The summed E-state index contributed by atoms with van der Waals surface area (Å²) >= 11 is 5.82. The van der Waals surface area contributed by atoms with Gasteiger partial charge in [-0.15, -0.1) is 0 Å². The Hall–Kier alpha value is -0.600. The van der Waals surface area contributed by atoms with Crippen LogP contribution in [0.1, 0.15) is 18.9 Å². The van der Waals surface area contributed by atoms with Crippen LogP contribution in [-0.4, -0.2) is 18.8 Å². The first-order valence-electron chi connectivity index (χ1n) is 5.72. The third kappa shape index (κ3) is 2.74. The SMILES string of the molecule is CC1(F)CCNCC1Cc1ccc(Cl)cc1. The van der Waals surface area contributed by atoms with Crippen LogP contribution in [0.2, 0.25) is 5.02 Å². The molecule has 0 radical (unpaired) electrons. The molecule has 2 unspecified atom stereocenters. The highest BCUT2D eigenvalue weighted by atomic mass is 35.5. The van der Waals surface area contributed by atoms with Crippen LogP contribution in [0.25, 0.3) is 0 Å². The van der Waals surface area contributed by atoms with Crippen LogP contribution in [-0.2, 0) is 6.42 Å². The average molecular weight is 242 g/mol. The minimum atomic E-state index is -1.05. The Balaban J connectivity index is 2.05. The van der Waals surface area contributed by atoms with Gasteiger partial charge in [-0.1, -0.05) is 23.7 Å². The molecule has 0 aromatic heterocycles. The quantitative estimate of drug-likeness (QED) is 0.839. The number of nitrogens with one attached hydrogen (secondary N) is 1. The highest BCUT2D eigenvalue weighted by Gasteiger charge is 2.36. The lowest BCUT2D eigenvalue weighted by Crippen LogP contribution is -2.46. The first-order chi connectivity index (χ1) is 7.58. The molecule has 1 N–H and O–H groups in total. The third-order valence-electron chi connectivity index (χ3n) is 3.43. The third-order valence-corrected chi connectivity index (χ3v) is 3.68. The van der Waals surface area contributed by atoms with Gasteiger partial charge in [-0.3, -0.25) is 0 Å². The number of hydrogen-bond donors (Lipinski definition) is 1. The molecule has 2 rings (SSSR count). The van der Waals surface area contributed by atoms with Crippen molar-refractivity contribution < 1.29 is 4.39 Å². The molecular weight excluding hydrogens is 225 g/mol. The largest absolute Gasteiger partial charge is 0.316 e. The summed E-state index contributed by atoms with van der Waals surface area (Å²) in [6.07, 6.45) is 1.38. The van der Waals surface area contributed by atoms with Gasteiger partial charge in [0.15, 0.2) is 0 Å². The van der Waals surface area contributed by atoms with Crippen molar-refractivity contribution in [3.8, 4) is 0 Å². The van der Waals surface area contributed by atoms with Crippen molar-refractivity contribution in [1.29, 1.82) is 0 Å². The lowest BCUT2D eigenvalue weighted by atomic mass is 9.81. The van der Waals surface area contributed by atoms with Crippen LogP contribution < -0.4 is 5.32 Å². The molecule has 1 nitrogen and oxygen atoms in total. The van der Waals surface area contributed by atoms with Crippen molar-refractivity contribution in [3.63, 3.8) is 0 Å². The van der Waals surface area contributed by atoms with E-state index in [4.69, 9.17) is 11.6 Å². The maximum atomic E-state index is 14.2. The van der Waals surface area contributed by atoms with Gasteiger partial charge >= 0.3 is 0 Å². The molecule has 1 fully saturated rings. The standard InChI is InChI=1S/C13H17ClFN/c1-13(15)6-7-16-9-11(13)8-10-2-4-12(14)5-3-10/h2-5,11,16H,6-9H2,1H3. The smallest absolute Gasteiger partial charge is 0.113 e. The molecule has 3 heteroatoms. The summed E-state index contributed by atoms with van der Waals surface area (Å²) in [7, 11) is 0. The Kier molecular flexibility index (Phi) is 3.50. The molecule has 2 atom stereocenters. The van der Waals surface area contributed by atoms with Gasteiger partial charge in [0.25, 0.3) is 0 Å². The molecule has 0 bridgehead atoms. The summed E-state index contributed by atoms with van der Waals surface area (Å²) in [5, 5.41) is 3.99. The second-order valence-electron chi connectivity index (χ2n) is 4.76. The first kappa shape index (κ1) is 11.9. The molecule has 1 aromatic carbocycles. The van der Waals surface area contributed by atoms with Gasteiger partial charge < -0.3 is 5.32 Å². The molecule has 1 aromatic rings. The summed E-state index contributed by atoms with van der Waals surface area (Å²) < 4.78 is 14.2. The Morgan fingerprint density at radius 2 is 2.12 bits per heavy atom. The Labute approximate surface area is 101 Å². The van der Waals surface area contributed by atoms with Crippen molar-refractivity contribution in [2.24, 2.45) is 5.92 Å². The van der Waals surface area contributed by atoms with Crippen molar-refractivity contribution in [3.05, 3.63) is 34.9 Å². The van der Waals surface area contributed by atoms with E-state index >= 15 is 0 Å². The van der Waals surface area contributed by atoms with Gasteiger partial charge in [0.05, 0.1) is 0 Å². The number of piperidine rings is 1. The maximum absolute atomic E-state index is 14.2. The second-order valence-corrected chi connectivity index (χ2v) is 5.20. The van der Waals surface area contributed by atoms with E-state index in [1.165, 1.54) is 0 Å². The van der Waals surface area contributed by atoms with Crippen LogP contribution >= 0.6 is 11.6 Å². The molecule has 0 aliphatic carbocycles. The Morgan fingerprint density at radius 3 is 2.75 bits per heavy atom. The maximum Gasteiger partial charge on any atom is 0.113 e. The predicted molar refractivity (Wildman–Crippen MR) is 65.6 cm³/mol. The summed E-state index contributed by atoms with van der Waals surface area (Å²) in [4.78, 5) is 0. The summed E-state index contributed by atoms with van der Waals surface area (Å²) in [5.74, 6) is 0.0578. The van der Waals surface area contributed by atoms with Crippen molar-refractivity contribution in [2.75, 3.05) is 13.1 Å². The summed E-state index contributed by atoms with van der Waals surface area (Å²) in [5.41, 5.74) is 0.104. The summed E-state index contributed by atoms with van der Waals surface area (Å²) in [6, 6.07) is 7.69. The fourth-order valence-corrected chi connectivity index (χ4v) is 2.34. The van der Waals surface area contributed by atoms with Gasteiger partial charge in [0.2, 0.25) is 0 Å². The van der Waals surface area contributed by atoms with Crippen molar-refractivity contribution >= 4 is 11.6 Å². The van der Waals surface area contributed by atoms with Gasteiger partial charge in [-0.25, -0.2) is 4.39 Å². The van der Waals surface area contributed by atoms with Gasteiger partial charge in [-0.2, -0.15) is 0 Å². The van der Waals surface area contributed by atoms with Gasteiger partial charge in [-0.05, 0) is 44.0 Å². The lowest BCUT2D eigenvalue weighted by Gasteiger charge is -2.35.